The summed E-state index contributed by atoms with van der Waals surface area (Å²) in [5, 5.41) is 2.75. The number of amides is 1. The van der Waals surface area contributed by atoms with Gasteiger partial charge >= 0.3 is 0 Å². The standard InChI is InChI=1S/C18H27FN2O3S/c19-17-9-3-2-8-16(17)11-12-20-18(22)10-4-7-15-25(23,24)21-13-5-1-6-14-21/h2-3,8-9H,1,4-7,10-15H2,(H,20,22). The molecule has 1 aromatic rings. The van der Waals surface area contributed by atoms with E-state index in [0.29, 0.717) is 50.9 Å². The summed E-state index contributed by atoms with van der Waals surface area (Å²) in [6, 6.07) is 6.51. The van der Waals surface area contributed by atoms with E-state index in [9.17, 15) is 17.6 Å². The van der Waals surface area contributed by atoms with Crippen LogP contribution in [0, 0.1) is 5.82 Å². The quantitative estimate of drug-likeness (QED) is 0.679. The van der Waals surface area contributed by atoms with Crippen LogP contribution in [-0.4, -0.2) is 44.0 Å². The van der Waals surface area contributed by atoms with E-state index in [1.807, 2.05) is 0 Å². The van der Waals surface area contributed by atoms with Crippen molar-refractivity contribution in [3.05, 3.63) is 35.6 Å². The molecule has 0 atom stereocenters. The lowest BCUT2D eigenvalue weighted by molar-refractivity contribution is -0.121. The molecule has 140 valence electrons. The molecule has 0 radical (unpaired) electrons. The van der Waals surface area contributed by atoms with E-state index >= 15 is 0 Å². The molecule has 1 fully saturated rings. The highest BCUT2D eigenvalue weighted by atomic mass is 32.2. The maximum Gasteiger partial charge on any atom is 0.220 e. The molecule has 0 aromatic heterocycles. The van der Waals surface area contributed by atoms with E-state index in [1.54, 1.807) is 22.5 Å². The van der Waals surface area contributed by atoms with E-state index in [4.69, 9.17) is 0 Å². The molecule has 1 amide bonds. The van der Waals surface area contributed by atoms with Gasteiger partial charge in [0.25, 0.3) is 0 Å². The molecule has 5 nitrogen and oxygen atoms in total. The number of piperidine rings is 1. The van der Waals surface area contributed by atoms with Crippen molar-refractivity contribution < 1.29 is 17.6 Å². The van der Waals surface area contributed by atoms with Crippen LogP contribution in [0.2, 0.25) is 0 Å². The van der Waals surface area contributed by atoms with Gasteiger partial charge in [-0.15, -0.1) is 0 Å². The summed E-state index contributed by atoms with van der Waals surface area (Å²) in [7, 11) is -3.18. The molecular weight excluding hydrogens is 343 g/mol. The first-order valence-corrected chi connectivity index (χ1v) is 10.6. The number of carbonyl (C=O) groups is 1. The van der Waals surface area contributed by atoms with Crippen molar-refractivity contribution in [1.29, 1.82) is 0 Å². The van der Waals surface area contributed by atoms with Crippen LogP contribution >= 0.6 is 0 Å². The fraction of sp³-hybridized carbons (Fsp3) is 0.611. The fourth-order valence-corrected chi connectivity index (χ4v) is 4.61. The van der Waals surface area contributed by atoms with E-state index in [-0.39, 0.29) is 17.5 Å². The highest BCUT2D eigenvalue weighted by Crippen LogP contribution is 2.14. The average molecular weight is 370 g/mol. The average Bonchev–Trinajstić information content (AvgIpc) is 2.61. The van der Waals surface area contributed by atoms with Gasteiger partial charge in [0.05, 0.1) is 5.75 Å². The van der Waals surface area contributed by atoms with Crippen molar-refractivity contribution in [3.8, 4) is 0 Å². The van der Waals surface area contributed by atoms with Crippen molar-refractivity contribution >= 4 is 15.9 Å². The van der Waals surface area contributed by atoms with Crippen molar-refractivity contribution in [3.63, 3.8) is 0 Å². The van der Waals surface area contributed by atoms with Crippen LogP contribution < -0.4 is 5.32 Å². The number of unbranched alkanes of at least 4 members (excludes halogenated alkanes) is 1. The third kappa shape index (κ3) is 6.74. The number of nitrogens with zero attached hydrogens (tertiary/aromatic N) is 1. The number of carbonyl (C=O) groups excluding carboxylic acids is 1. The van der Waals surface area contributed by atoms with Crippen LogP contribution in [-0.2, 0) is 21.2 Å². The Morgan fingerprint density at radius 3 is 2.56 bits per heavy atom. The number of hydrogen-bond acceptors (Lipinski definition) is 3. The zero-order valence-corrected chi connectivity index (χ0v) is 15.4. The lowest BCUT2D eigenvalue weighted by Crippen LogP contribution is -2.37. The largest absolute Gasteiger partial charge is 0.356 e. The predicted octanol–water partition coefficient (Wildman–Crippen LogP) is 2.47. The summed E-state index contributed by atoms with van der Waals surface area (Å²) in [6.07, 6.45) is 4.74. The molecule has 1 heterocycles. The van der Waals surface area contributed by atoms with E-state index in [0.717, 1.165) is 19.3 Å². The third-order valence-electron chi connectivity index (χ3n) is 4.44. The van der Waals surface area contributed by atoms with Crippen molar-refractivity contribution in [2.24, 2.45) is 0 Å². The monoisotopic (exact) mass is 370 g/mol. The highest BCUT2D eigenvalue weighted by Gasteiger charge is 2.23. The predicted molar refractivity (Wildman–Crippen MR) is 96.2 cm³/mol. The number of sulfonamides is 1. The van der Waals surface area contributed by atoms with E-state index in [2.05, 4.69) is 5.32 Å². The summed E-state index contributed by atoms with van der Waals surface area (Å²) in [6.45, 7) is 1.63. The second-order valence-corrected chi connectivity index (χ2v) is 8.51. The van der Waals surface area contributed by atoms with Gasteiger partial charge in [-0.2, -0.15) is 0 Å². The molecule has 1 aliphatic heterocycles. The second-order valence-electron chi connectivity index (χ2n) is 6.42. The normalized spacial score (nSPS) is 15.9. The van der Waals surface area contributed by atoms with Crippen LogP contribution in [0.5, 0.6) is 0 Å². The van der Waals surface area contributed by atoms with E-state index < -0.39 is 10.0 Å². The Balaban J connectivity index is 1.59. The lowest BCUT2D eigenvalue weighted by Gasteiger charge is -2.25. The molecule has 1 saturated heterocycles. The van der Waals surface area contributed by atoms with Crippen molar-refractivity contribution in [1.82, 2.24) is 9.62 Å². The number of halogens is 1. The minimum atomic E-state index is -3.18. The molecule has 0 unspecified atom stereocenters. The van der Waals surface area contributed by atoms with Gasteiger partial charge in [-0.3, -0.25) is 4.79 Å². The van der Waals surface area contributed by atoms with Crippen molar-refractivity contribution in [2.75, 3.05) is 25.4 Å². The van der Waals surface area contributed by atoms with Crippen LogP contribution in [0.15, 0.2) is 24.3 Å². The first-order chi connectivity index (χ1) is 12.0. The fourth-order valence-electron chi connectivity index (χ4n) is 2.97. The first-order valence-electron chi connectivity index (χ1n) is 8.97. The molecule has 0 bridgehead atoms. The van der Waals surface area contributed by atoms with Gasteiger partial charge in [-0.25, -0.2) is 17.1 Å². The van der Waals surface area contributed by atoms with Gasteiger partial charge in [0, 0.05) is 26.1 Å². The third-order valence-corrected chi connectivity index (χ3v) is 6.40. The maximum atomic E-state index is 13.5. The lowest BCUT2D eigenvalue weighted by atomic mass is 10.1. The minimum absolute atomic E-state index is 0.107. The summed E-state index contributed by atoms with van der Waals surface area (Å²) in [5.74, 6) is -0.276. The SMILES string of the molecule is O=C(CCCCS(=O)(=O)N1CCCCC1)NCCc1ccccc1F. The molecule has 0 aliphatic carbocycles. The molecule has 25 heavy (non-hydrogen) atoms. The first kappa shape index (κ1) is 19.8. The van der Waals surface area contributed by atoms with Gasteiger partial charge in [0.1, 0.15) is 5.82 Å². The summed E-state index contributed by atoms with van der Waals surface area (Å²) in [5.41, 5.74) is 0.579. The summed E-state index contributed by atoms with van der Waals surface area (Å²) >= 11 is 0. The Morgan fingerprint density at radius 1 is 1.12 bits per heavy atom. The number of rotatable bonds is 9. The molecule has 1 N–H and O–H groups in total. The summed E-state index contributed by atoms with van der Waals surface area (Å²) in [4.78, 5) is 11.8. The Bertz CT molecular complexity index is 658. The van der Waals surface area contributed by atoms with Gasteiger partial charge in [-0.05, 0) is 43.7 Å². The van der Waals surface area contributed by atoms with E-state index in [1.165, 1.54) is 6.07 Å². The molecular formula is C18H27FN2O3S. The van der Waals surface area contributed by atoms with Crippen LogP contribution in [0.25, 0.3) is 0 Å². The molecule has 2 rings (SSSR count). The molecule has 0 saturated carbocycles. The molecule has 0 spiro atoms. The highest BCUT2D eigenvalue weighted by molar-refractivity contribution is 7.89. The van der Waals surface area contributed by atoms with Crippen LogP contribution in [0.3, 0.4) is 0 Å². The number of nitrogens with one attached hydrogen (secondary N) is 1. The molecule has 7 heteroatoms. The van der Waals surface area contributed by atoms with Gasteiger partial charge < -0.3 is 5.32 Å². The zero-order chi connectivity index (χ0) is 18.1. The van der Waals surface area contributed by atoms with Gasteiger partial charge in [0.15, 0.2) is 0 Å². The van der Waals surface area contributed by atoms with Gasteiger partial charge in [0.2, 0.25) is 15.9 Å². The van der Waals surface area contributed by atoms with Gasteiger partial charge in [-0.1, -0.05) is 24.6 Å². The van der Waals surface area contributed by atoms with Crippen LogP contribution in [0.1, 0.15) is 44.1 Å². The van der Waals surface area contributed by atoms with Crippen molar-refractivity contribution in [2.45, 2.75) is 44.9 Å². The Hall–Kier alpha value is -1.47. The topological polar surface area (TPSA) is 66.5 Å². The Labute approximate surface area is 149 Å². The van der Waals surface area contributed by atoms with Crippen LogP contribution in [0.4, 0.5) is 4.39 Å². The molecule has 1 aliphatic rings. The smallest absolute Gasteiger partial charge is 0.220 e. The number of hydrogen-bond donors (Lipinski definition) is 1. The zero-order valence-electron chi connectivity index (χ0n) is 14.5. The number of benzene rings is 1. The summed E-state index contributed by atoms with van der Waals surface area (Å²) < 4.78 is 39.4. The Morgan fingerprint density at radius 2 is 1.84 bits per heavy atom. The Kier molecular flexibility index (Phi) is 7.84. The minimum Gasteiger partial charge on any atom is -0.356 e. The molecule has 1 aromatic carbocycles. The maximum absolute atomic E-state index is 13.5. The second kappa shape index (κ2) is 9.87.